The van der Waals surface area contributed by atoms with Crippen molar-refractivity contribution in [2.24, 2.45) is 10.9 Å². The fourth-order valence-corrected chi connectivity index (χ4v) is 4.10. The van der Waals surface area contributed by atoms with Crippen molar-refractivity contribution < 1.29 is 14.6 Å². The Morgan fingerprint density at radius 1 is 1.10 bits per heavy atom. The van der Waals surface area contributed by atoms with Gasteiger partial charge >= 0.3 is 6.09 Å². The Hall–Kier alpha value is -2.64. The average Bonchev–Trinajstić information content (AvgIpc) is 2.74. The van der Waals surface area contributed by atoms with Crippen LogP contribution in [0.5, 0.6) is 5.75 Å². The minimum Gasteiger partial charge on any atom is -0.506 e. The number of hydrogen-bond acceptors (Lipinski definition) is 5. The van der Waals surface area contributed by atoms with E-state index in [0.717, 1.165) is 70.3 Å². The van der Waals surface area contributed by atoms with E-state index in [-0.39, 0.29) is 6.09 Å². The van der Waals surface area contributed by atoms with Crippen molar-refractivity contribution in [3.63, 3.8) is 0 Å². The zero-order valence-corrected chi connectivity index (χ0v) is 19.3. The molecule has 2 fully saturated rings. The Morgan fingerprint density at radius 3 is 2.32 bits per heavy atom. The third-order valence-corrected chi connectivity index (χ3v) is 5.83. The summed E-state index contributed by atoms with van der Waals surface area (Å²) >= 11 is 0. The van der Waals surface area contributed by atoms with Gasteiger partial charge in [-0.25, -0.2) is 4.79 Å². The molecule has 31 heavy (non-hydrogen) atoms. The van der Waals surface area contributed by atoms with Gasteiger partial charge in [-0.1, -0.05) is 12.1 Å². The highest BCUT2D eigenvalue weighted by Crippen LogP contribution is 2.27. The van der Waals surface area contributed by atoms with Gasteiger partial charge in [-0.2, -0.15) is 0 Å². The first-order valence-electron chi connectivity index (χ1n) is 11.2. The minimum absolute atomic E-state index is 0.211. The molecule has 0 atom stereocenters. The van der Waals surface area contributed by atoms with Gasteiger partial charge in [0.05, 0.1) is 5.69 Å². The summed E-state index contributed by atoms with van der Waals surface area (Å²) in [6.07, 6.45) is 1.71. The summed E-state index contributed by atoms with van der Waals surface area (Å²) in [5.41, 5.74) is 0.437. The highest BCUT2D eigenvalue weighted by Gasteiger charge is 2.27. The van der Waals surface area contributed by atoms with Crippen molar-refractivity contribution in [2.45, 2.75) is 39.2 Å². The number of piperidine rings is 1. The van der Waals surface area contributed by atoms with E-state index >= 15 is 0 Å². The van der Waals surface area contributed by atoms with Crippen LogP contribution < -0.4 is 10.2 Å². The molecule has 0 spiro atoms. The number of benzene rings is 1. The van der Waals surface area contributed by atoms with Gasteiger partial charge in [-0.05, 0) is 51.7 Å². The molecule has 2 aliphatic heterocycles. The van der Waals surface area contributed by atoms with Crippen molar-refractivity contribution in [2.75, 3.05) is 57.8 Å². The number of amides is 1. The average molecular weight is 432 g/mol. The molecule has 8 heteroatoms. The van der Waals surface area contributed by atoms with Crippen LogP contribution in [0.2, 0.25) is 0 Å². The number of guanidine groups is 1. The summed E-state index contributed by atoms with van der Waals surface area (Å²) < 4.78 is 5.48. The zero-order valence-electron chi connectivity index (χ0n) is 19.3. The summed E-state index contributed by atoms with van der Waals surface area (Å²) in [5.74, 6) is 1.76. The number of anilines is 1. The standard InChI is InChI=1S/C23H37N5O3/c1-23(2,3)31-22(30)28-11-9-18(10-12-28)17-25-21(24-4)27-15-13-26(14-16-27)19-7-5-6-8-20(19)29/h5-8,18,29H,9-17H2,1-4H3,(H,24,25). The molecule has 172 valence electrons. The molecule has 0 bridgehead atoms. The first-order valence-corrected chi connectivity index (χ1v) is 11.2. The molecule has 2 heterocycles. The number of phenolic OH excluding ortho intramolecular Hbond substituents is 1. The molecule has 1 aromatic carbocycles. The SMILES string of the molecule is CN=C(NCC1CCN(C(=O)OC(C)(C)C)CC1)N1CCN(c2ccccc2O)CC1. The molecule has 2 aliphatic rings. The van der Waals surface area contributed by atoms with Crippen molar-refractivity contribution in [1.82, 2.24) is 15.1 Å². The fourth-order valence-electron chi connectivity index (χ4n) is 4.10. The van der Waals surface area contributed by atoms with Crippen molar-refractivity contribution in [3.8, 4) is 5.75 Å². The van der Waals surface area contributed by atoms with Crippen LogP contribution in [0, 0.1) is 5.92 Å². The Kier molecular flexibility index (Phi) is 7.51. The van der Waals surface area contributed by atoms with Gasteiger partial charge in [0, 0.05) is 52.9 Å². The van der Waals surface area contributed by atoms with E-state index in [1.807, 2.05) is 50.9 Å². The molecular formula is C23H37N5O3. The summed E-state index contributed by atoms with van der Waals surface area (Å²) in [7, 11) is 1.82. The van der Waals surface area contributed by atoms with E-state index in [1.165, 1.54) is 0 Å². The fraction of sp³-hybridized carbons (Fsp3) is 0.652. The number of para-hydroxylation sites is 2. The van der Waals surface area contributed by atoms with Crippen LogP contribution in [0.4, 0.5) is 10.5 Å². The normalized spacial score (nSPS) is 18.8. The van der Waals surface area contributed by atoms with Crippen LogP contribution in [-0.4, -0.2) is 85.4 Å². The number of hydrogen-bond donors (Lipinski definition) is 2. The molecule has 2 saturated heterocycles. The lowest BCUT2D eigenvalue weighted by Gasteiger charge is -2.38. The van der Waals surface area contributed by atoms with Crippen molar-refractivity contribution in [1.29, 1.82) is 0 Å². The molecular weight excluding hydrogens is 394 g/mol. The Balaban J connectivity index is 1.42. The predicted molar refractivity (Wildman–Crippen MR) is 124 cm³/mol. The largest absolute Gasteiger partial charge is 0.506 e. The third-order valence-electron chi connectivity index (χ3n) is 5.83. The molecule has 0 aliphatic carbocycles. The first kappa shape index (κ1) is 23.0. The quantitative estimate of drug-likeness (QED) is 0.566. The number of ether oxygens (including phenoxy) is 1. The number of rotatable bonds is 3. The monoisotopic (exact) mass is 431 g/mol. The number of nitrogens with zero attached hydrogens (tertiary/aromatic N) is 4. The molecule has 0 saturated carbocycles. The van der Waals surface area contributed by atoms with Crippen LogP contribution in [0.3, 0.4) is 0 Å². The zero-order chi connectivity index (χ0) is 22.4. The van der Waals surface area contributed by atoms with E-state index in [1.54, 1.807) is 6.07 Å². The number of carbonyl (C=O) groups is 1. The minimum atomic E-state index is -0.453. The molecule has 1 amide bonds. The smallest absolute Gasteiger partial charge is 0.410 e. The lowest BCUT2D eigenvalue weighted by atomic mass is 9.97. The van der Waals surface area contributed by atoms with Crippen LogP contribution in [-0.2, 0) is 4.74 Å². The molecule has 0 unspecified atom stereocenters. The maximum Gasteiger partial charge on any atom is 0.410 e. The van der Waals surface area contributed by atoms with E-state index in [0.29, 0.717) is 11.7 Å². The predicted octanol–water partition coefficient (Wildman–Crippen LogP) is 2.74. The second-order valence-electron chi connectivity index (χ2n) is 9.30. The number of carbonyl (C=O) groups excluding carboxylic acids is 1. The molecule has 3 rings (SSSR count). The van der Waals surface area contributed by atoms with Crippen molar-refractivity contribution >= 4 is 17.7 Å². The summed E-state index contributed by atoms with van der Waals surface area (Å²) in [5, 5.41) is 13.6. The van der Waals surface area contributed by atoms with E-state index < -0.39 is 5.60 Å². The Bertz CT molecular complexity index is 761. The van der Waals surface area contributed by atoms with Gasteiger partial charge in [0.15, 0.2) is 5.96 Å². The molecule has 8 nitrogen and oxygen atoms in total. The van der Waals surface area contributed by atoms with E-state index in [9.17, 15) is 9.90 Å². The summed E-state index contributed by atoms with van der Waals surface area (Å²) in [6, 6.07) is 7.49. The lowest BCUT2D eigenvalue weighted by Crippen LogP contribution is -2.53. The Labute approximate surface area is 185 Å². The van der Waals surface area contributed by atoms with E-state index in [4.69, 9.17) is 4.74 Å². The Morgan fingerprint density at radius 2 is 1.74 bits per heavy atom. The van der Waals surface area contributed by atoms with Crippen LogP contribution in [0.1, 0.15) is 33.6 Å². The highest BCUT2D eigenvalue weighted by atomic mass is 16.6. The first-order chi connectivity index (χ1) is 14.8. The maximum absolute atomic E-state index is 12.2. The van der Waals surface area contributed by atoms with Crippen LogP contribution in [0.15, 0.2) is 29.3 Å². The van der Waals surface area contributed by atoms with Crippen LogP contribution in [0.25, 0.3) is 0 Å². The lowest BCUT2D eigenvalue weighted by molar-refractivity contribution is 0.0185. The molecule has 1 aromatic rings. The highest BCUT2D eigenvalue weighted by molar-refractivity contribution is 5.80. The maximum atomic E-state index is 12.2. The van der Waals surface area contributed by atoms with Crippen LogP contribution >= 0.6 is 0 Å². The summed E-state index contributed by atoms with van der Waals surface area (Å²) in [6.45, 7) is 11.4. The van der Waals surface area contributed by atoms with Gasteiger partial charge in [-0.15, -0.1) is 0 Å². The number of likely N-dealkylation sites (tertiary alicyclic amines) is 1. The summed E-state index contributed by atoms with van der Waals surface area (Å²) in [4.78, 5) is 23.0. The molecule has 0 aromatic heterocycles. The molecule has 0 radical (unpaired) electrons. The second kappa shape index (κ2) is 10.1. The number of aliphatic imine (C=N–C) groups is 1. The van der Waals surface area contributed by atoms with Gasteiger partial charge in [0.1, 0.15) is 11.4 Å². The number of aromatic hydroxyl groups is 1. The van der Waals surface area contributed by atoms with Gasteiger partial charge in [0.2, 0.25) is 0 Å². The van der Waals surface area contributed by atoms with Gasteiger partial charge in [0.25, 0.3) is 0 Å². The van der Waals surface area contributed by atoms with Gasteiger partial charge < -0.3 is 29.9 Å². The third kappa shape index (κ3) is 6.42. The second-order valence-corrected chi connectivity index (χ2v) is 9.30. The van der Waals surface area contributed by atoms with E-state index in [2.05, 4.69) is 20.1 Å². The van der Waals surface area contributed by atoms with Gasteiger partial charge in [-0.3, -0.25) is 4.99 Å². The number of piperazine rings is 1. The number of phenols is 1. The van der Waals surface area contributed by atoms with Crippen molar-refractivity contribution in [3.05, 3.63) is 24.3 Å². The topological polar surface area (TPSA) is 80.6 Å². The number of nitrogens with one attached hydrogen (secondary N) is 1. The molecule has 2 N–H and O–H groups in total.